The smallest absolute Gasteiger partial charge is 0.251 e. The van der Waals surface area contributed by atoms with E-state index in [0.29, 0.717) is 44.0 Å². The highest BCUT2D eigenvalue weighted by Crippen LogP contribution is 2.28. The number of nitrogens with zero attached hydrogens (tertiary/aromatic N) is 1. The number of carbonyl (C=O) groups excluding carboxylic acids is 3. The van der Waals surface area contributed by atoms with Crippen molar-refractivity contribution < 1.29 is 33.0 Å². The Kier molecular flexibility index (Phi) is 10.5. The number of aliphatic imine (C=N–C) groups is 1. The Hall–Kier alpha value is -4.71. The molecule has 5 rings (SSSR count). The van der Waals surface area contributed by atoms with Gasteiger partial charge in [-0.2, -0.15) is 0 Å². The first-order valence-electron chi connectivity index (χ1n) is 14.6. The van der Waals surface area contributed by atoms with Crippen LogP contribution in [0.3, 0.4) is 0 Å². The molecule has 2 heterocycles. The van der Waals surface area contributed by atoms with Gasteiger partial charge in [-0.15, -0.1) is 0 Å². The zero-order valence-electron chi connectivity index (χ0n) is 24.9. The van der Waals surface area contributed by atoms with Crippen LogP contribution in [0.1, 0.15) is 53.3 Å². The van der Waals surface area contributed by atoms with Crippen LogP contribution in [0.5, 0.6) is 5.75 Å². The van der Waals surface area contributed by atoms with E-state index in [2.05, 4.69) is 27.5 Å². The van der Waals surface area contributed by atoms with Gasteiger partial charge in [-0.05, 0) is 47.5 Å². The van der Waals surface area contributed by atoms with Crippen molar-refractivity contribution in [2.24, 2.45) is 4.99 Å². The Balaban J connectivity index is 1.22. The van der Waals surface area contributed by atoms with E-state index in [1.807, 2.05) is 12.1 Å². The number of amides is 2. The number of nitrogens with one attached hydrogen (secondary N) is 3. The number of methoxy groups -OCH3 is 1. The van der Waals surface area contributed by atoms with Crippen molar-refractivity contribution in [2.75, 3.05) is 46.6 Å². The van der Waals surface area contributed by atoms with Gasteiger partial charge < -0.3 is 30.2 Å². The van der Waals surface area contributed by atoms with Gasteiger partial charge in [-0.25, -0.2) is 4.39 Å². The predicted octanol–water partition coefficient (Wildman–Crippen LogP) is 3.17. The van der Waals surface area contributed by atoms with Crippen LogP contribution in [0, 0.1) is 5.82 Å². The highest BCUT2D eigenvalue weighted by atomic mass is 19.1. The predicted molar refractivity (Wildman–Crippen MR) is 168 cm³/mol. The maximum atomic E-state index is 15.3. The molecule has 0 aromatic heterocycles. The normalized spacial score (nSPS) is 16.7. The van der Waals surface area contributed by atoms with Crippen LogP contribution in [0.2, 0.25) is 0 Å². The third kappa shape index (κ3) is 7.51. The summed E-state index contributed by atoms with van der Waals surface area (Å²) in [5, 5.41) is 9.18. The van der Waals surface area contributed by atoms with Crippen LogP contribution < -0.4 is 20.7 Å². The van der Waals surface area contributed by atoms with Gasteiger partial charge in [0.05, 0.1) is 38.4 Å². The summed E-state index contributed by atoms with van der Waals surface area (Å²) in [6.07, 6.45) is 3.12. The zero-order valence-corrected chi connectivity index (χ0v) is 24.9. The molecule has 0 saturated carbocycles. The van der Waals surface area contributed by atoms with Crippen molar-refractivity contribution in [3.8, 4) is 5.75 Å². The summed E-state index contributed by atoms with van der Waals surface area (Å²) in [5.41, 5.74) is 2.98. The van der Waals surface area contributed by atoms with Gasteiger partial charge in [0.15, 0.2) is 5.78 Å². The Morgan fingerprint density at radius 1 is 0.933 bits per heavy atom. The molecule has 45 heavy (non-hydrogen) atoms. The molecule has 2 aliphatic rings. The van der Waals surface area contributed by atoms with E-state index < -0.39 is 11.6 Å². The standard InChI is InChI=1S/C34H35FN4O6/c1-3-21-10-11-29(45-15-14-44-13-12-43-2)30(31(21)35)32(40)22-4-6-23(7-5-22)33(41)38-27-19-37-20-28(27)39-34(42)24-8-9-25-17-36-18-26(25)16-24/h3-11,16-17,27-28,37H,1,12-15,18-20H2,2H3,(H,38,41)(H,39,42)/t27-,28-/m1/s1. The molecule has 0 aliphatic carbocycles. The van der Waals surface area contributed by atoms with E-state index in [-0.39, 0.29) is 59.6 Å². The SMILES string of the molecule is C=Cc1ccc(OCCOCCOC)c(C(=O)c2ccc(C(=O)N[C@@H]3CNC[C@H]3NC(=O)c3ccc4c(c3)CN=C4)cc2)c1F. The lowest BCUT2D eigenvalue weighted by molar-refractivity contribution is 0.0541. The number of hydrogen-bond donors (Lipinski definition) is 3. The van der Waals surface area contributed by atoms with Gasteiger partial charge in [0, 0.05) is 48.7 Å². The topological polar surface area (TPSA) is 127 Å². The number of ether oxygens (including phenoxy) is 3. The van der Waals surface area contributed by atoms with Crippen LogP contribution in [-0.4, -0.2) is 82.5 Å². The number of carbonyl (C=O) groups is 3. The van der Waals surface area contributed by atoms with E-state index in [1.165, 1.54) is 42.5 Å². The van der Waals surface area contributed by atoms with E-state index in [9.17, 15) is 14.4 Å². The second-order valence-electron chi connectivity index (χ2n) is 10.6. The molecule has 0 radical (unpaired) electrons. The molecule has 3 aromatic carbocycles. The van der Waals surface area contributed by atoms with Crippen molar-refractivity contribution in [3.05, 3.63) is 106 Å². The number of fused-ring (bicyclic) bond motifs is 1. The molecular formula is C34H35FN4O6. The van der Waals surface area contributed by atoms with Crippen LogP contribution >= 0.6 is 0 Å². The Morgan fingerprint density at radius 2 is 1.60 bits per heavy atom. The van der Waals surface area contributed by atoms with E-state index in [0.717, 1.165) is 11.1 Å². The number of ketones is 1. The third-order valence-electron chi connectivity index (χ3n) is 7.65. The molecule has 0 spiro atoms. The molecule has 234 valence electrons. The Bertz CT molecular complexity index is 1610. The highest BCUT2D eigenvalue weighted by Gasteiger charge is 2.30. The van der Waals surface area contributed by atoms with Crippen LogP contribution in [0.15, 0.2) is 66.2 Å². The largest absolute Gasteiger partial charge is 0.490 e. The van der Waals surface area contributed by atoms with E-state index in [1.54, 1.807) is 19.4 Å². The van der Waals surface area contributed by atoms with E-state index in [4.69, 9.17) is 14.2 Å². The lowest BCUT2D eigenvalue weighted by Crippen LogP contribution is -2.51. The number of hydrogen-bond acceptors (Lipinski definition) is 8. The molecular weight excluding hydrogens is 579 g/mol. The minimum absolute atomic E-state index is 0.0790. The fourth-order valence-corrected chi connectivity index (χ4v) is 5.17. The van der Waals surface area contributed by atoms with Crippen LogP contribution in [-0.2, 0) is 16.0 Å². The third-order valence-corrected chi connectivity index (χ3v) is 7.65. The second-order valence-corrected chi connectivity index (χ2v) is 10.6. The van der Waals surface area contributed by atoms with Crippen LogP contribution in [0.4, 0.5) is 4.39 Å². The molecule has 0 unspecified atom stereocenters. The fraction of sp³-hybridized carbons (Fsp3) is 0.294. The second kappa shape index (κ2) is 14.8. The summed E-state index contributed by atoms with van der Waals surface area (Å²) in [6, 6.07) is 13.8. The van der Waals surface area contributed by atoms with Gasteiger partial charge in [0.25, 0.3) is 11.8 Å². The van der Waals surface area contributed by atoms with Gasteiger partial charge in [0.2, 0.25) is 0 Å². The number of benzene rings is 3. The monoisotopic (exact) mass is 614 g/mol. The Labute approximate surface area is 260 Å². The molecule has 11 heteroatoms. The van der Waals surface area contributed by atoms with Crippen molar-refractivity contribution in [3.63, 3.8) is 0 Å². The molecule has 1 saturated heterocycles. The van der Waals surface area contributed by atoms with Gasteiger partial charge >= 0.3 is 0 Å². The highest BCUT2D eigenvalue weighted by molar-refractivity contribution is 6.11. The molecule has 2 amide bonds. The maximum Gasteiger partial charge on any atom is 0.251 e. The molecule has 3 aromatic rings. The molecule has 10 nitrogen and oxygen atoms in total. The molecule has 1 fully saturated rings. The van der Waals surface area contributed by atoms with Crippen LogP contribution in [0.25, 0.3) is 6.08 Å². The number of rotatable bonds is 14. The summed E-state index contributed by atoms with van der Waals surface area (Å²) in [7, 11) is 1.57. The summed E-state index contributed by atoms with van der Waals surface area (Å²) in [5.74, 6) is -1.86. The van der Waals surface area contributed by atoms with Gasteiger partial charge in [-0.3, -0.25) is 19.4 Å². The summed E-state index contributed by atoms with van der Waals surface area (Å²) in [4.78, 5) is 43.8. The van der Waals surface area contributed by atoms with Gasteiger partial charge in [0.1, 0.15) is 23.7 Å². The van der Waals surface area contributed by atoms with Crippen molar-refractivity contribution in [1.82, 2.24) is 16.0 Å². The van der Waals surface area contributed by atoms with Crippen molar-refractivity contribution in [2.45, 2.75) is 18.6 Å². The van der Waals surface area contributed by atoms with Crippen molar-refractivity contribution in [1.29, 1.82) is 0 Å². The van der Waals surface area contributed by atoms with Gasteiger partial charge in [-0.1, -0.05) is 30.9 Å². The van der Waals surface area contributed by atoms with E-state index >= 15 is 4.39 Å². The van der Waals surface area contributed by atoms with Crippen molar-refractivity contribution >= 4 is 29.9 Å². The quantitative estimate of drug-likeness (QED) is 0.188. The first kappa shape index (κ1) is 31.7. The lowest BCUT2D eigenvalue weighted by Gasteiger charge is -2.21. The molecule has 3 N–H and O–H groups in total. The molecule has 2 atom stereocenters. The minimum Gasteiger partial charge on any atom is -0.490 e. The average Bonchev–Trinajstić information content (AvgIpc) is 3.71. The maximum absolute atomic E-state index is 15.3. The first-order chi connectivity index (χ1) is 21.9. The number of halogens is 1. The zero-order chi connectivity index (χ0) is 31.8. The fourth-order valence-electron chi connectivity index (χ4n) is 5.17. The average molecular weight is 615 g/mol. The lowest BCUT2D eigenvalue weighted by atomic mass is 9.98. The molecule has 2 aliphatic heterocycles. The first-order valence-corrected chi connectivity index (χ1v) is 14.6. The summed E-state index contributed by atoms with van der Waals surface area (Å²) >= 11 is 0. The summed E-state index contributed by atoms with van der Waals surface area (Å²) < 4.78 is 31.4. The minimum atomic E-state index is -0.746. The Morgan fingerprint density at radius 3 is 2.31 bits per heavy atom. The molecule has 0 bridgehead atoms. The summed E-state index contributed by atoms with van der Waals surface area (Å²) in [6.45, 7) is 6.30.